The van der Waals surface area contributed by atoms with Crippen molar-refractivity contribution in [1.82, 2.24) is 15.8 Å². The monoisotopic (exact) mass is 460 g/mol. The van der Waals surface area contributed by atoms with E-state index < -0.39 is 0 Å². The highest BCUT2D eigenvalue weighted by Crippen LogP contribution is 2.14. The molecule has 138 valence electrons. The highest BCUT2D eigenvalue weighted by molar-refractivity contribution is 14.0. The molecule has 0 bridgehead atoms. The molecule has 1 aromatic heterocycles. The highest BCUT2D eigenvalue weighted by atomic mass is 127. The van der Waals surface area contributed by atoms with E-state index in [9.17, 15) is 4.39 Å². The molecule has 25 heavy (non-hydrogen) atoms. The largest absolute Gasteiger partial charge is 0.359 e. The van der Waals surface area contributed by atoms with Gasteiger partial charge in [-0.25, -0.2) is 9.38 Å². The first-order valence-corrected chi connectivity index (χ1v) is 8.30. The molecule has 0 aliphatic carbocycles. The number of nitrogens with zero attached hydrogens (tertiary/aromatic N) is 2. The lowest BCUT2D eigenvalue weighted by molar-refractivity contribution is 0.376. The summed E-state index contributed by atoms with van der Waals surface area (Å²) >= 11 is 0. The molecule has 0 atom stereocenters. The van der Waals surface area contributed by atoms with Crippen molar-refractivity contribution in [3.8, 4) is 0 Å². The Morgan fingerprint density at radius 3 is 2.72 bits per heavy atom. The zero-order valence-electron chi connectivity index (χ0n) is 14.9. The summed E-state index contributed by atoms with van der Waals surface area (Å²) in [5.41, 5.74) is 1.89. The van der Waals surface area contributed by atoms with Crippen molar-refractivity contribution in [1.29, 1.82) is 0 Å². The Labute approximate surface area is 165 Å². The third-order valence-corrected chi connectivity index (χ3v) is 3.50. The summed E-state index contributed by atoms with van der Waals surface area (Å²) in [5, 5.41) is 10.5. The summed E-state index contributed by atoms with van der Waals surface area (Å²) < 4.78 is 18.5. The Hall–Kier alpha value is -1.64. The molecule has 0 fully saturated rings. The molecule has 2 N–H and O–H groups in total. The third-order valence-electron chi connectivity index (χ3n) is 3.50. The van der Waals surface area contributed by atoms with Crippen molar-refractivity contribution in [3.05, 3.63) is 53.2 Å². The third kappa shape index (κ3) is 7.41. The first-order valence-electron chi connectivity index (χ1n) is 8.30. The minimum absolute atomic E-state index is 0. The van der Waals surface area contributed by atoms with Crippen molar-refractivity contribution in [2.24, 2.45) is 4.99 Å². The lowest BCUT2D eigenvalue weighted by atomic mass is 10.1. The van der Waals surface area contributed by atoms with Crippen LogP contribution in [0.15, 0.2) is 39.8 Å². The molecule has 0 saturated carbocycles. The zero-order chi connectivity index (χ0) is 17.4. The fraction of sp³-hybridized carbons (Fsp3) is 0.444. The van der Waals surface area contributed by atoms with Crippen molar-refractivity contribution in [2.75, 3.05) is 13.1 Å². The van der Waals surface area contributed by atoms with Crippen LogP contribution in [-0.4, -0.2) is 24.2 Å². The minimum Gasteiger partial charge on any atom is -0.359 e. The van der Waals surface area contributed by atoms with Crippen molar-refractivity contribution >= 4 is 29.9 Å². The van der Waals surface area contributed by atoms with Crippen LogP contribution in [0.25, 0.3) is 0 Å². The molecular weight excluding hydrogens is 434 g/mol. The highest BCUT2D eigenvalue weighted by Gasteiger charge is 2.07. The van der Waals surface area contributed by atoms with Gasteiger partial charge in [-0.05, 0) is 37.0 Å². The van der Waals surface area contributed by atoms with E-state index in [1.807, 2.05) is 19.1 Å². The van der Waals surface area contributed by atoms with Gasteiger partial charge in [-0.2, -0.15) is 0 Å². The van der Waals surface area contributed by atoms with Crippen LogP contribution in [0.3, 0.4) is 0 Å². The Morgan fingerprint density at radius 2 is 2.08 bits per heavy atom. The molecule has 2 aromatic rings. The fourth-order valence-electron chi connectivity index (χ4n) is 2.19. The number of hydrogen-bond acceptors (Lipinski definition) is 3. The summed E-state index contributed by atoms with van der Waals surface area (Å²) in [5.74, 6) is 1.57. The number of nitrogens with one attached hydrogen (secondary N) is 2. The number of benzene rings is 1. The van der Waals surface area contributed by atoms with Crippen LogP contribution in [-0.2, 0) is 13.0 Å². The molecule has 5 nitrogen and oxygen atoms in total. The molecule has 0 spiro atoms. The number of halogens is 2. The molecule has 1 heterocycles. The van der Waals surface area contributed by atoms with Crippen LogP contribution < -0.4 is 10.6 Å². The molecule has 0 amide bonds. The van der Waals surface area contributed by atoms with Gasteiger partial charge in [0.05, 0.1) is 5.69 Å². The van der Waals surface area contributed by atoms with Crippen molar-refractivity contribution in [3.63, 3.8) is 0 Å². The Kier molecular flexibility index (Phi) is 9.48. The van der Waals surface area contributed by atoms with Gasteiger partial charge in [0.15, 0.2) is 11.7 Å². The van der Waals surface area contributed by atoms with E-state index in [2.05, 4.69) is 34.6 Å². The van der Waals surface area contributed by atoms with E-state index in [1.54, 1.807) is 12.1 Å². The summed E-state index contributed by atoms with van der Waals surface area (Å²) in [6.07, 6.45) is 0.724. The molecule has 0 unspecified atom stereocenters. The standard InChI is InChI=1S/C18H25FN4O.HI/c1-4-20-18(21-9-8-14-6-5-7-15(19)10-14)22-12-16-11-17(13(2)3)23-24-16;/h5-7,10-11,13H,4,8-9,12H2,1-3H3,(H2,20,21,22);1H. The smallest absolute Gasteiger partial charge is 0.191 e. The molecule has 0 aliphatic heterocycles. The van der Waals surface area contributed by atoms with Crippen molar-refractivity contribution in [2.45, 2.75) is 39.7 Å². The molecule has 2 rings (SSSR count). The van der Waals surface area contributed by atoms with Crippen LogP contribution in [0.5, 0.6) is 0 Å². The number of hydrogen-bond donors (Lipinski definition) is 2. The summed E-state index contributed by atoms with van der Waals surface area (Å²) in [6, 6.07) is 8.57. The predicted octanol–water partition coefficient (Wildman–Crippen LogP) is 3.85. The molecule has 1 aromatic carbocycles. The lowest BCUT2D eigenvalue weighted by Crippen LogP contribution is -2.38. The second kappa shape index (κ2) is 11.1. The quantitative estimate of drug-likeness (QED) is 0.375. The van der Waals surface area contributed by atoms with Gasteiger partial charge in [0.2, 0.25) is 0 Å². The second-order valence-corrected chi connectivity index (χ2v) is 5.87. The molecule has 0 saturated heterocycles. The summed E-state index contributed by atoms with van der Waals surface area (Å²) in [4.78, 5) is 4.49. The van der Waals surface area contributed by atoms with Crippen LogP contribution in [0, 0.1) is 5.82 Å². The zero-order valence-corrected chi connectivity index (χ0v) is 17.2. The van der Waals surface area contributed by atoms with E-state index in [-0.39, 0.29) is 29.8 Å². The van der Waals surface area contributed by atoms with Gasteiger partial charge >= 0.3 is 0 Å². The van der Waals surface area contributed by atoms with E-state index in [0.29, 0.717) is 25.0 Å². The van der Waals surface area contributed by atoms with Crippen LogP contribution in [0.4, 0.5) is 4.39 Å². The number of rotatable bonds is 7. The van der Waals surface area contributed by atoms with Gasteiger partial charge in [-0.1, -0.05) is 31.1 Å². The van der Waals surface area contributed by atoms with Gasteiger partial charge in [-0.15, -0.1) is 24.0 Å². The maximum absolute atomic E-state index is 13.2. The van der Waals surface area contributed by atoms with Crippen LogP contribution in [0.2, 0.25) is 0 Å². The summed E-state index contributed by atoms with van der Waals surface area (Å²) in [6.45, 7) is 8.01. The molecule has 0 aliphatic rings. The Morgan fingerprint density at radius 1 is 1.28 bits per heavy atom. The van der Waals surface area contributed by atoms with E-state index >= 15 is 0 Å². The second-order valence-electron chi connectivity index (χ2n) is 5.87. The molecular formula is C18H26FIN4O. The SMILES string of the molecule is CCNC(=NCc1cc(C(C)C)no1)NCCc1cccc(F)c1.I. The lowest BCUT2D eigenvalue weighted by Gasteiger charge is -2.10. The van der Waals surface area contributed by atoms with Gasteiger partial charge < -0.3 is 15.2 Å². The first kappa shape index (κ1) is 21.4. The Bertz CT molecular complexity index is 673. The normalized spacial score (nSPS) is 11.3. The van der Waals surface area contributed by atoms with Crippen LogP contribution >= 0.6 is 24.0 Å². The topological polar surface area (TPSA) is 62.5 Å². The predicted molar refractivity (Wildman–Crippen MR) is 109 cm³/mol. The summed E-state index contributed by atoms with van der Waals surface area (Å²) in [7, 11) is 0. The number of aromatic nitrogens is 1. The maximum Gasteiger partial charge on any atom is 0.191 e. The minimum atomic E-state index is -0.209. The van der Waals surface area contributed by atoms with Gasteiger partial charge in [0, 0.05) is 19.2 Å². The number of aliphatic imine (C=N–C) groups is 1. The van der Waals surface area contributed by atoms with Gasteiger partial charge in [0.25, 0.3) is 0 Å². The van der Waals surface area contributed by atoms with Gasteiger partial charge in [0.1, 0.15) is 12.4 Å². The molecule has 0 radical (unpaired) electrons. The first-order chi connectivity index (χ1) is 11.6. The number of guanidine groups is 1. The maximum atomic E-state index is 13.2. The van der Waals surface area contributed by atoms with E-state index in [4.69, 9.17) is 4.52 Å². The van der Waals surface area contributed by atoms with Crippen molar-refractivity contribution < 1.29 is 8.91 Å². The Balaban J connectivity index is 0.00000312. The average Bonchev–Trinajstić information content (AvgIpc) is 3.02. The van der Waals surface area contributed by atoms with Gasteiger partial charge in [-0.3, -0.25) is 0 Å². The average molecular weight is 460 g/mol. The van der Waals surface area contributed by atoms with Crippen LogP contribution in [0.1, 0.15) is 43.7 Å². The molecule has 7 heteroatoms. The fourth-order valence-corrected chi connectivity index (χ4v) is 2.19. The van der Waals surface area contributed by atoms with E-state index in [0.717, 1.165) is 30.0 Å². The van der Waals surface area contributed by atoms with E-state index in [1.165, 1.54) is 6.07 Å².